The van der Waals surface area contributed by atoms with Gasteiger partial charge in [0.15, 0.2) is 0 Å². The van der Waals surface area contributed by atoms with Crippen LogP contribution in [0.25, 0.3) is 0 Å². The first kappa shape index (κ1) is 8.48. The van der Waals surface area contributed by atoms with Crippen LogP contribution < -0.4 is 0 Å². The average Bonchev–Trinajstić information content (AvgIpc) is 2.52. The Kier molecular flexibility index (Phi) is 3.31. The van der Waals surface area contributed by atoms with Gasteiger partial charge in [0, 0.05) is 19.2 Å². The number of hydrogen-bond donors (Lipinski definition) is 0. The molecule has 0 saturated carbocycles. The molecule has 1 aliphatic rings. The van der Waals surface area contributed by atoms with Crippen molar-refractivity contribution in [3.8, 4) is 6.07 Å². The SMILES string of the molecule is CSC(=CC#N)N1CCCC1. The van der Waals surface area contributed by atoms with E-state index in [9.17, 15) is 0 Å². The molecule has 0 aromatic carbocycles. The number of nitrogens with zero attached hydrogens (tertiary/aromatic N) is 2. The lowest BCUT2D eigenvalue weighted by molar-refractivity contribution is 0.457. The zero-order valence-electron chi connectivity index (χ0n) is 6.71. The van der Waals surface area contributed by atoms with Crippen molar-refractivity contribution in [2.45, 2.75) is 12.8 Å². The molecular weight excluding hydrogens is 156 g/mol. The van der Waals surface area contributed by atoms with Crippen molar-refractivity contribution in [2.75, 3.05) is 19.3 Å². The third kappa shape index (κ3) is 2.16. The highest BCUT2D eigenvalue weighted by atomic mass is 32.2. The summed E-state index contributed by atoms with van der Waals surface area (Å²) in [6.07, 6.45) is 6.18. The fraction of sp³-hybridized carbons (Fsp3) is 0.625. The number of hydrogen-bond acceptors (Lipinski definition) is 3. The Labute approximate surface area is 71.9 Å². The molecule has 0 atom stereocenters. The molecule has 0 radical (unpaired) electrons. The van der Waals surface area contributed by atoms with Crippen LogP contribution in [0.2, 0.25) is 0 Å². The highest BCUT2D eigenvalue weighted by molar-refractivity contribution is 8.02. The van der Waals surface area contributed by atoms with E-state index in [1.165, 1.54) is 12.8 Å². The van der Waals surface area contributed by atoms with Gasteiger partial charge in [-0.1, -0.05) is 0 Å². The van der Waals surface area contributed by atoms with Crippen molar-refractivity contribution in [1.82, 2.24) is 4.90 Å². The topological polar surface area (TPSA) is 27.0 Å². The molecule has 11 heavy (non-hydrogen) atoms. The maximum Gasteiger partial charge on any atom is 0.0939 e. The Morgan fingerprint density at radius 1 is 1.55 bits per heavy atom. The molecule has 0 N–H and O–H groups in total. The number of rotatable bonds is 2. The maximum atomic E-state index is 8.46. The second kappa shape index (κ2) is 4.30. The Bertz CT molecular complexity index is 187. The molecule has 1 aliphatic heterocycles. The predicted octanol–water partition coefficient (Wildman–Crippen LogP) is 1.81. The third-order valence-corrected chi connectivity index (χ3v) is 2.61. The molecule has 3 heteroatoms. The molecular formula is C8H12N2S. The van der Waals surface area contributed by atoms with E-state index in [1.807, 2.05) is 6.26 Å². The fourth-order valence-electron chi connectivity index (χ4n) is 1.27. The fourth-order valence-corrected chi connectivity index (χ4v) is 1.88. The van der Waals surface area contributed by atoms with Gasteiger partial charge in [0.1, 0.15) is 0 Å². The molecule has 0 unspecified atom stereocenters. The van der Waals surface area contributed by atoms with Crippen molar-refractivity contribution in [1.29, 1.82) is 5.26 Å². The molecule has 1 rings (SSSR count). The molecule has 1 fully saturated rings. The number of thioether (sulfide) groups is 1. The van der Waals surface area contributed by atoms with Crippen LogP contribution in [0.3, 0.4) is 0 Å². The quantitative estimate of drug-likeness (QED) is 0.588. The summed E-state index contributed by atoms with van der Waals surface area (Å²) < 4.78 is 0. The summed E-state index contributed by atoms with van der Waals surface area (Å²) in [7, 11) is 0. The van der Waals surface area contributed by atoms with Gasteiger partial charge >= 0.3 is 0 Å². The second-order valence-corrected chi connectivity index (χ2v) is 3.34. The van der Waals surface area contributed by atoms with Crippen molar-refractivity contribution >= 4 is 11.8 Å². The second-order valence-electron chi connectivity index (χ2n) is 2.51. The molecule has 0 aromatic heterocycles. The van der Waals surface area contributed by atoms with Crippen LogP contribution in [0.1, 0.15) is 12.8 Å². The monoisotopic (exact) mass is 168 g/mol. The van der Waals surface area contributed by atoms with Crippen LogP contribution in [0.4, 0.5) is 0 Å². The van der Waals surface area contributed by atoms with E-state index in [0.29, 0.717) is 0 Å². The van der Waals surface area contributed by atoms with Gasteiger partial charge in [-0.15, -0.1) is 11.8 Å². The Morgan fingerprint density at radius 2 is 2.18 bits per heavy atom. The number of allylic oxidation sites excluding steroid dienone is 1. The highest BCUT2D eigenvalue weighted by Gasteiger charge is 2.13. The third-order valence-electron chi connectivity index (χ3n) is 1.81. The molecule has 1 saturated heterocycles. The largest absolute Gasteiger partial charge is 0.366 e. The molecule has 0 spiro atoms. The molecule has 0 amide bonds. The molecule has 2 nitrogen and oxygen atoms in total. The van der Waals surface area contributed by atoms with Gasteiger partial charge in [-0.3, -0.25) is 0 Å². The van der Waals surface area contributed by atoms with E-state index in [0.717, 1.165) is 18.1 Å². The minimum absolute atomic E-state index is 1.12. The van der Waals surface area contributed by atoms with Crippen molar-refractivity contribution < 1.29 is 0 Å². The van der Waals surface area contributed by atoms with E-state index >= 15 is 0 Å². The summed E-state index contributed by atoms with van der Waals surface area (Å²) in [6, 6.07) is 2.07. The molecule has 0 aromatic rings. The van der Waals surface area contributed by atoms with Gasteiger partial charge in [0.25, 0.3) is 0 Å². The maximum absolute atomic E-state index is 8.46. The predicted molar refractivity (Wildman–Crippen MR) is 48.0 cm³/mol. The van der Waals surface area contributed by atoms with E-state index in [2.05, 4.69) is 11.0 Å². The van der Waals surface area contributed by atoms with Gasteiger partial charge in [-0.25, -0.2) is 0 Å². The Morgan fingerprint density at radius 3 is 2.64 bits per heavy atom. The van der Waals surface area contributed by atoms with Gasteiger partial charge < -0.3 is 4.90 Å². The molecule has 60 valence electrons. The van der Waals surface area contributed by atoms with E-state index in [-0.39, 0.29) is 0 Å². The molecule has 1 heterocycles. The van der Waals surface area contributed by atoms with Gasteiger partial charge in [-0.05, 0) is 19.1 Å². The van der Waals surface area contributed by atoms with Crippen LogP contribution in [0.5, 0.6) is 0 Å². The minimum atomic E-state index is 1.12. The average molecular weight is 168 g/mol. The number of nitriles is 1. The highest BCUT2D eigenvalue weighted by Crippen LogP contribution is 2.21. The van der Waals surface area contributed by atoms with Crippen molar-refractivity contribution in [3.63, 3.8) is 0 Å². The first-order chi connectivity index (χ1) is 5.38. The summed E-state index contributed by atoms with van der Waals surface area (Å²) >= 11 is 1.66. The van der Waals surface area contributed by atoms with Crippen LogP contribution in [0.15, 0.2) is 11.1 Å². The van der Waals surface area contributed by atoms with Crippen molar-refractivity contribution in [3.05, 3.63) is 11.1 Å². The lowest BCUT2D eigenvalue weighted by Gasteiger charge is -2.17. The summed E-state index contributed by atoms with van der Waals surface area (Å²) in [6.45, 7) is 2.24. The van der Waals surface area contributed by atoms with E-state index in [1.54, 1.807) is 17.8 Å². The summed E-state index contributed by atoms with van der Waals surface area (Å²) in [5.41, 5.74) is 0. The van der Waals surface area contributed by atoms with E-state index in [4.69, 9.17) is 5.26 Å². The Hall–Kier alpha value is -0.620. The standard InChI is InChI=1S/C8H12N2S/c1-11-8(4-5-9)10-6-2-3-7-10/h4H,2-3,6-7H2,1H3. The van der Waals surface area contributed by atoms with Gasteiger partial charge in [0.05, 0.1) is 11.1 Å². The van der Waals surface area contributed by atoms with Crippen molar-refractivity contribution in [2.24, 2.45) is 0 Å². The normalized spacial score (nSPS) is 18.5. The van der Waals surface area contributed by atoms with Gasteiger partial charge in [-0.2, -0.15) is 5.26 Å². The minimum Gasteiger partial charge on any atom is -0.366 e. The van der Waals surface area contributed by atoms with Crippen LogP contribution in [0, 0.1) is 11.3 Å². The molecule has 0 aliphatic carbocycles. The lowest BCUT2D eigenvalue weighted by Crippen LogP contribution is -2.16. The Balaban J connectivity index is 2.55. The molecule has 0 bridgehead atoms. The number of likely N-dealkylation sites (tertiary alicyclic amines) is 1. The van der Waals surface area contributed by atoms with E-state index < -0.39 is 0 Å². The summed E-state index contributed by atoms with van der Waals surface area (Å²) in [5, 5.41) is 9.58. The zero-order chi connectivity index (χ0) is 8.10. The van der Waals surface area contributed by atoms with Crippen LogP contribution >= 0.6 is 11.8 Å². The smallest absolute Gasteiger partial charge is 0.0939 e. The zero-order valence-corrected chi connectivity index (χ0v) is 7.52. The summed E-state index contributed by atoms with van der Waals surface area (Å²) in [5.74, 6) is 0. The lowest BCUT2D eigenvalue weighted by atomic mass is 10.4. The van der Waals surface area contributed by atoms with Crippen LogP contribution in [-0.4, -0.2) is 24.2 Å². The first-order valence-electron chi connectivity index (χ1n) is 3.77. The summed E-state index contributed by atoms with van der Waals surface area (Å²) in [4.78, 5) is 2.27. The van der Waals surface area contributed by atoms with Crippen LogP contribution in [-0.2, 0) is 0 Å². The van der Waals surface area contributed by atoms with Gasteiger partial charge in [0.2, 0.25) is 0 Å². The first-order valence-corrected chi connectivity index (χ1v) is 4.99.